The molecule has 3 aromatic carbocycles. The fourth-order valence-corrected chi connectivity index (χ4v) is 10.2. The number of hydrogen-bond donors (Lipinski definition) is 1. The summed E-state index contributed by atoms with van der Waals surface area (Å²) in [5, 5.41) is 18.0. The number of benzene rings is 3. The van der Waals surface area contributed by atoms with Crippen molar-refractivity contribution in [3.8, 4) is 11.6 Å². The Kier molecular flexibility index (Phi) is 11.2. The van der Waals surface area contributed by atoms with Crippen LogP contribution in [0, 0.1) is 11.8 Å². The van der Waals surface area contributed by atoms with Gasteiger partial charge < -0.3 is 33.2 Å². The lowest BCUT2D eigenvalue weighted by molar-refractivity contribution is -0.140. The summed E-state index contributed by atoms with van der Waals surface area (Å²) < 4.78 is 31.2. The number of carbonyl (C=O) groups is 3. The van der Waals surface area contributed by atoms with Crippen molar-refractivity contribution < 1.29 is 42.6 Å². The molecule has 1 heterocycles. The Balaban J connectivity index is 1.45. The molecular weight excluding hydrogens is 779 g/mol. The van der Waals surface area contributed by atoms with E-state index < -0.39 is 60.2 Å². The van der Waals surface area contributed by atoms with E-state index in [0.29, 0.717) is 36.1 Å². The largest absolute Gasteiger partial charge is 0.514 e. The lowest BCUT2D eigenvalue weighted by atomic mass is 9.57. The van der Waals surface area contributed by atoms with E-state index in [1.807, 2.05) is 93.7 Å². The third-order valence-corrected chi connectivity index (χ3v) is 17.2. The van der Waals surface area contributed by atoms with Crippen molar-refractivity contribution in [1.82, 2.24) is 15.0 Å². The quantitative estimate of drug-likeness (QED) is 0.0704. The van der Waals surface area contributed by atoms with Crippen LogP contribution in [-0.2, 0) is 33.5 Å². The van der Waals surface area contributed by atoms with Gasteiger partial charge >= 0.3 is 6.16 Å². The summed E-state index contributed by atoms with van der Waals surface area (Å²) >= 11 is 0. The third-order valence-electron chi connectivity index (χ3n) is 12.7. The van der Waals surface area contributed by atoms with Crippen molar-refractivity contribution in [2.75, 3.05) is 27.7 Å². The second-order valence-corrected chi connectivity index (χ2v) is 24.1. The number of aromatic nitrogens is 1. The lowest BCUT2D eigenvalue weighted by Gasteiger charge is -2.55. The van der Waals surface area contributed by atoms with E-state index in [4.69, 9.17) is 23.2 Å². The predicted octanol–water partition coefficient (Wildman–Crippen LogP) is 9.46. The number of hydrogen-bond acceptors (Lipinski definition) is 12. The smallest absolute Gasteiger partial charge is 0.507 e. The Hall–Kier alpha value is -4.82. The van der Waals surface area contributed by atoms with Gasteiger partial charge in [0.15, 0.2) is 25.4 Å². The number of ketones is 2. The summed E-state index contributed by atoms with van der Waals surface area (Å²) in [5.41, 5.74) is -0.0365. The van der Waals surface area contributed by atoms with Gasteiger partial charge in [-0.1, -0.05) is 76.2 Å². The molecule has 3 aliphatic rings. The van der Waals surface area contributed by atoms with Gasteiger partial charge in [0.25, 0.3) is 5.88 Å². The van der Waals surface area contributed by atoms with Crippen molar-refractivity contribution in [3.63, 3.8) is 0 Å². The number of fused-ring (bicyclic) bond motifs is 5. The van der Waals surface area contributed by atoms with E-state index in [1.165, 1.54) is 0 Å². The highest BCUT2D eigenvalue weighted by Gasteiger charge is 2.69. The molecule has 0 aliphatic heterocycles. The summed E-state index contributed by atoms with van der Waals surface area (Å²) in [4.78, 5) is 49.2. The summed E-state index contributed by atoms with van der Waals surface area (Å²) in [6.07, 6.45) is -0.311. The van der Waals surface area contributed by atoms with E-state index in [9.17, 15) is 9.90 Å². The zero-order valence-electron chi connectivity index (χ0n) is 37.0. The van der Waals surface area contributed by atoms with Crippen LogP contribution < -0.4 is 9.47 Å². The Labute approximate surface area is 353 Å². The molecule has 13 heteroatoms. The van der Waals surface area contributed by atoms with Crippen LogP contribution >= 0.6 is 0 Å². The molecule has 1 saturated carbocycles. The number of aliphatic hydroxyl groups excluding tert-OH is 1. The average molecular weight is 838 g/mol. The molecule has 0 spiro atoms. The Morgan fingerprint density at radius 1 is 0.967 bits per heavy atom. The van der Waals surface area contributed by atoms with Gasteiger partial charge in [-0.3, -0.25) is 14.5 Å². The Morgan fingerprint density at radius 2 is 1.67 bits per heavy atom. The minimum atomic E-state index is -2.96. The van der Waals surface area contributed by atoms with Crippen molar-refractivity contribution >= 4 is 42.6 Å². The van der Waals surface area contributed by atoms with Crippen molar-refractivity contribution in [2.24, 2.45) is 11.8 Å². The Morgan fingerprint density at radius 3 is 2.30 bits per heavy atom. The molecular formula is C47H59N3O9Si. The molecule has 320 valence electrons. The molecule has 1 N–H and O–H groups in total. The van der Waals surface area contributed by atoms with Gasteiger partial charge in [0.1, 0.15) is 23.5 Å². The molecule has 1 fully saturated rings. The molecule has 3 aliphatic carbocycles. The number of ether oxygens (including phenoxy) is 3. The highest BCUT2D eigenvalue weighted by Crippen LogP contribution is 2.59. The monoisotopic (exact) mass is 837 g/mol. The highest BCUT2D eigenvalue weighted by atomic mass is 28.4. The van der Waals surface area contributed by atoms with Crippen LogP contribution in [0.4, 0.5) is 4.79 Å². The molecule has 4 atom stereocenters. The van der Waals surface area contributed by atoms with Crippen LogP contribution in [0.2, 0.25) is 18.1 Å². The van der Waals surface area contributed by atoms with Gasteiger partial charge in [-0.25, -0.2) is 4.79 Å². The van der Waals surface area contributed by atoms with Crippen molar-refractivity contribution in [1.29, 1.82) is 0 Å². The summed E-state index contributed by atoms with van der Waals surface area (Å²) in [6.45, 7) is 19.1. The van der Waals surface area contributed by atoms with Crippen molar-refractivity contribution in [2.45, 2.75) is 110 Å². The molecule has 12 nitrogen and oxygen atoms in total. The molecule has 0 unspecified atom stereocenters. The maximum atomic E-state index is 15.9. The van der Waals surface area contributed by atoms with Gasteiger partial charge in [-0.2, -0.15) is 0 Å². The van der Waals surface area contributed by atoms with Crippen LogP contribution in [0.3, 0.4) is 0 Å². The van der Waals surface area contributed by atoms with Crippen LogP contribution in [0.1, 0.15) is 99.3 Å². The normalized spacial score (nSPS) is 21.8. The van der Waals surface area contributed by atoms with Gasteiger partial charge in [-0.05, 0) is 119 Å². The van der Waals surface area contributed by atoms with Gasteiger partial charge in [0.05, 0.1) is 11.6 Å². The number of carbonyl (C=O) groups excluding carboxylic acids is 3. The fourth-order valence-electron chi connectivity index (χ4n) is 8.73. The number of aliphatic hydroxyl groups is 1. The van der Waals surface area contributed by atoms with Crippen LogP contribution in [-0.4, -0.2) is 85.0 Å². The van der Waals surface area contributed by atoms with E-state index in [0.717, 1.165) is 23.1 Å². The zero-order valence-corrected chi connectivity index (χ0v) is 38.0. The predicted molar refractivity (Wildman–Crippen MR) is 232 cm³/mol. The minimum absolute atomic E-state index is 0.0199. The van der Waals surface area contributed by atoms with Gasteiger partial charge in [0, 0.05) is 23.4 Å². The van der Waals surface area contributed by atoms with Crippen molar-refractivity contribution in [3.05, 3.63) is 93.7 Å². The molecule has 60 heavy (non-hydrogen) atoms. The molecule has 7 rings (SSSR count). The number of rotatable bonds is 10. The fraction of sp³-hybridized carbons (Fsp3) is 0.489. The van der Waals surface area contributed by atoms with Crippen LogP contribution in [0.15, 0.2) is 64.7 Å². The van der Waals surface area contributed by atoms with Gasteiger partial charge in [0.2, 0.25) is 11.6 Å². The standard InChI is InChI=1S/C47H59N3O9Si/c1-13-50(10)25-28-19-20-29-22-30-23-31-24-33-37(49(8)9)40-36(43(48-58-40)55-26-27-17-15-14-16-18-27)42(53)47(33,59-60(11,12)46(5,6)7)41(52)35(31)38(51)34(30)39(32(29)21-28)56-44(54)57-45(2,3)4/h14-22,31,33,37,51H,13,23-26H2,1-12H3/t31-,33-,37-,47-/m0/s1. The lowest BCUT2D eigenvalue weighted by Crippen LogP contribution is -2.68. The van der Waals surface area contributed by atoms with E-state index in [-0.39, 0.29) is 40.7 Å². The topological polar surface area (TPSA) is 141 Å². The SMILES string of the molecule is CCN(C)Cc1ccc2cc3c(c(OC(=O)OC(C)(C)C)c2c1)C(O)=C1C(=O)[C@]2(O[Si](C)(C)C(C)(C)C)C(=O)c4c(OCc5ccccc5)noc4[C@@H](N(C)C)[C@@H]2C[C@@H]1C3. The molecule has 0 amide bonds. The molecule has 0 saturated heterocycles. The average Bonchev–Trinajstić information content (AvgIpc) is 3.57. The maximum absolute atomic E-state index is 15.9. The summed E-state index contributed by atoms with van der Waals surface area (Å²) in [5.74, 6) is -2.40. The molecule has 0 bridgehead atoms. The van der Waals surface area contributed by atoms with E-state index in [1.54, 1.807) is 20.8 Å². The van der Waals surface area contributed by atoms with E-state index in [2.05, 4.69) is 37.8 Å². The zero-order chi connectivity index (χ0) is 43.7. The third kappa shape index (κ3) is 7.58. The highest BCUT2D eigenvalue weighted by molar-refractivity contribution is 6.74. The summed E-state index contributed by atoms with van der Waals surface area (Å²) in [7, 11) is 2.83. The Bertz CT molecular complexity index is 2370. The second-order valence-electron chi connectivity index (χ2n) is 19.4. The molecule has 0 radical (unpaired) electrons. The molecule has 4 aromatic rings. The molecule has 1 aromatic heterocycles. The van der Waals surface area contributed by atoms with E-state index >= 15 is 9.59 Å². The number of nitrogens with zero attached hydrogens (tertiary/aromatic N) is 3. The first-order chi connectivity index (χ1) is 28.1. The second kappa shape index (κ2) is 15.6. The van der Waals surface area contributed by atoms with Crippen LogP contribution in [0.25, 0.3) is 16.5 Å². The number of Topliss-reactive ketones (excluding diaryl/α,β-unsaturated/α-hetero) is 2. The first kappa shape index (κ1) is 43.3. The first-order valence-electron chi connectivity index (χ1n) is 20.8. The van der Waals surface area contributed by atoms with Gasteiger partial charge in [-0.15, -0.1) is 0 Å². The minimum Gasteiger partial charge on any atom is -0.507 e. The first-order valence-corrected chi connectivity index (χ1v) is 23.7. The maximum Gasteiger partial charge on any atom is 0.514 e. The summed E-state index contributed by atoms with van der Waals surface area (Å²) in [6, 6.07) is 16.9. The van der Waals surface area contributed by atoms with Crippen LogP contribution in [0.5, 0.6) is 11.6 Å².